The Morgan fingerprint density at radius 2 is 1.79 bits per heavy atom. The number of carbonyl (C=O) groups is 1. The van der Waals surface area contributed by atoms with Crippen molar-refractivity contribution in [3.05, 3.63) is 59.5 Å². The van der Waals surface area contributed by atoms with Crippen molar-refractivity contribution in [3.63, 3.8) is 0 Å². The molecule has 3 rings (SSSR count). The van der Waals surface area contributed by atoms with E-state index in [4.69, 9.17) is 0 Å². The Hall–Kier alpha value is -2.92. The first-order chi connectivity index (χ1) is 13.5. The van der Waals surface area contributed by atoms with Gasteiger partial charge in [0.05, 0.1) is 16.2 Å². The van der Waals surface area contributed by atoms with Crippen molar-refractivity contribution in [2.24, 2.45) is 0 Å². The van der Waals surface area contributed by atoms with Crippen molar-refractivity contribution < 1.29 is 26.4 Å². The van der Waals surface area contributed by atoms with E-state index >= 15 is 0 Å². The van der Waals surface area contributed by atoms with Crippen LogP contribution in [0, 0.1) is 0 Å². The molecule has 0 aliphatic heterocycles. The highest BCUT2D eigenvalue weighted by Gasteiger charge is 2.31. The van der Waals surface area contributed by atoms with Gasteiger partial charge in [-0.1, -0.05) is 18.2 Å². The molecule has 0 saturated heterocycles. The van der Waals surface area contributed by atoms with Crippen LogP contribution in [0.25, 0.3) is 11.3 Å². The quantitative estimate of drug-likeness (QED) is 0.606. The smallest absolute Gasteiger partial charge is 0.302 e. The summed E-state index contributed by atoms with van der Waals surface area (Å²) in [5, 5.41) is 4.73. The Morgan fingerprint density at radius 1 is 1.10 bits per heavy atom. The number of nitrogens with one attached hydrogen (secondary N) is 2. The summed E-state index contributed by atoms with van der Waals surface area (Å²) in [6, 6.07) is 9.66. The highest BCUT2D eigenvalue weighted by molar-refractivity contribution is 7.92. The molecule has 0 unspecified atom stereocenters. The van der Waals surface area contributed by atoms with Crippen LogP contribution in [-0.2, 0) is 21.0 Å². The first kappa shape index (κ1) is 20.8. The number of sulfonamides is 1. The van der Waals surface area contributed by atoms with Crippen LogP contribution in [0.2, 0.25) is 0 Å². The van der Waals surface area contributed by atoms with Crippen molar-refractivity contribution in [1.29, 1.82) is 0 Å². The lowest BCUT2D eigenvalue weighted by Crippen LogP contribution is -2.14. The fraction of sp³-hybridized carbons (Fsp3) is 0.111. The molecule has 0 spiro atoms. The predicted molar refractivity (Wildman–Crippen MR) is 104 cm³/mol. The molecule has 0 fully saturated rings. The Morgan fingerprint density at radius 3 is 2.41 bits per heavy atom. The van der Waals surface area contributed by atoms with Gasteiger partial charge in [0.15, 0.2) is 5.13 Å². The second-order valence-corrected chi connectivity index (χ2v) is 8.47. The van der Waals surface area contributed by atoms with Gasteiger partial charge in [-0.25, -0.2) is 13.4 Å². The van der Waals surface area contributed by atoms with Crippen molar-refractivity contribution in [2.75, 3.05) is 10.0 Å². The molecule has 152 valence electrons. The molecule has 11 heteroatoms. The van der Waals surface area contributed by atoms with E-state index in [0.717, 1.165) is 18.2 Å². The molecular weight excluding hydrogens is 427 g/mol. The number of halogens is 3. The van der Waals surface area contributed by atoms with Crippen molar-refractivity contribution in [1.82, 2.24) is 4.98 Å². The molecule has 0 aliphatic rings. The molecule has 1 amide bonds. The topological polar surface area (TPSA) is 88.2 Å². The fourth-order valence-electron chi connectivity index (χ4n) is 2.38. The van der Waals surface area contributed by atoms with Gasteiger partial charge in [0, 0.05) is 23.6 Å². The van der Waals surface area contributed by atoms with E-state index in [1.807, 2.05) is 0 Å². The van der Waals surface area contributed by atoms with Gasteiger partial charge in [0.1, 0.15) is 0 Å². The number of hydrogen-bond donors (Lipinski definition) is 2. The number of alkyl halides is 3. The van der Waals surface area contributed by atoms with E-state index < -0.39 is 26.7 Å². The largest absolute Gasteiger partial charge is 0.416 e. The van der Waals surface area contributed by atoms with Crippen molar-refractivity contribution >= 4 is 38.1 Å². The van der Waals surface area contributed by atoms with Gasteiger partial charge >= 0.3 is 6.18 Å². The zero-order valence-corrected chi connectivity index (χ0v) is 16.5. The lowest BCUT2D eigenvalue weighted by atomic mass is 10.1. The molecule has 0 bridgehead atoms. The minimum Gasteiger partial charge on any atom is -0.302 e. The van der Waals surface area contributed by atoms with E-state index in [2.05, 4.69) is 15.0 Å². The molecule has 2 aromatic carbocycles. The van der Waals surface area contributed by atoms with Gasteiger partial charge in [0.2, 0.25) is 5.91 Å². The molecule has 2 N–H and O–H groups in total. The standard InChI is InChI=1S/C18H14F3N3O3S2/c1-11(25)22-17-23-16(10-28-17)12-5-7-14(8-6-12)24-29(26,27)15-4-2-3-13(9-15)18(19,20)21/h2-10,24H,1H3,(H,22,23,25). The van der Waals surface area contributed by atoms with E-state index in [-0.39, 0.29) is 11.6 Å². The second kappa shape index (κ2) is 7.84. The summed E-state index contributed by atoms with van der Waals surface area (Å²) in [6.07, 6.45) is -4.64. The van der Waals surface area contributed by atoms with Crippen LogP contribution in [-0.4, -0.2) is 19.3 Å². The highest BCUT2D eigenvalue weighted by Crippen LogP contribution is 2.31. The lowest BCUT2D eigenvalue weighted by Gasteiger charge is -2.11. The van der Waals surface area contributed by atoms with Crippen LogP contribution in [0.4, 0.5) is 24.0 Å². The molecule has 29 heavy (non-hydrogen) atoms. The van der Waals surface area contributed by atoms with Crippen LogP contribution < -0.4 is 10.0 Å². The molecule has 0 atom stereocenters. The maximum absolute atomic E-state index is 12.8. The Kier molecular flexibility index (Phi) is 5.62. The first-order valence-corrected chi connectivity index (χ1v) is 10.4. The summed E-state index contributed by atoms with van der Waals surface area (Å²) < 4.78 is 65.5. The number of hydrogen-bond acceptors (Lipinski definition) is 5. The highest BCUT2D eigenvalue weighted by atomic mass is 32.2. The fourth-order valence-corrected chi connectivity index (χ4v) is 4.25. The van der Waals surface area contributed by atoms with Crippen LogP contribution in [0.15, 0.2) is 58.8 Å². The monoisotopic (exact) mass is 441 g/mol. The molecule has 1 aromatic heterocycles. The molecule has 6 nitrogen and oxygen atoms in total. The molecule has 0 saturated carbocycles. The number of aromatic nitrogens is 1. The third-order valence-corrected chi connectivity index (χ3v) is 5.83. The first-order valence-electron chi connectivity index (χ1n) is 8.08. The van der Waals surface area contributed by atoms with Crippen LogP contribution in [0.3, 0.4) is 0 Å². The average Bonchev–Trinajstić information content (AvgIpc) is 3.09. The summed E-state index contributed by atoms with van der Waals surface area (Å²) in [4.78, 5) is 14.8. The third kappa shape index (κ3) is 5.12. The van der Waals surface area contributed by atoms with Gasteiger partial charge in [-0.3, -0.25) is 9.52 Å². The number of benzene rings is 2. The maximum Gasteiger partial charge on any atom is 0.416 e. The normalized spacial score (nSPS) is 11.9. The summed E-state index contributed by atoms with van der Waals surface area (Å²) in [6.45, 7) is 1.37. The van der Waals surface area contributed by atoms with Crippen LogP contribution in [0.5, 0.6) is 0 Å². The summed E-state index contributed by atoms with van der Waals surface area (Å²) in [7, 11) is -4.19. The molecule has 0 aliphatic carbocycles. The molecular formula is C18H14F3N3O3S2. The maximum atomic E-state index is 12.8. The third-order valence-electron chi connectivity index (χ3n) is 3.69. The Bertz CT molecular complexity index is 1140. The molecule has 3 aromatic rings. The Labute approximate surface area is 168 Å². The predicted octanol–water partition coefficient (Wildman–Crippen LogP) is 4.59. The minimum absolute atomic E-state index is 0.184. The van der Waals surface area contributed by atoms with E-state index in [1.54, 1.807) is 17.5 Å². The Balaban J connectivity index is 1.78. The van der Waals surface area contributed by atoms with Crippen molar-refractivity contribution in [3.8, 4) is 11.3 Å². The van der Waals surface area contributed by atoms with Crippen LogP contribution in [0.1, 0.15) is 12.5 Å². The van der Waals surface area contributed by atoms with Gasteiger partial charge in [-0.15, -0.1) is 11.3 Å². The number of anilines is 2. The summed E-state index contributed by atoms with van der Waals surface area (Å²) in [5.41, 5.74) is 0.406. The van der Waals surface area contributed by atoms with E-state index in [1.165, 1.54) is 30.4 Å². The number of rotatable bonds is 5. The number of nitrogens with zero attached hydrogens (tertiary/aromatic N) is 1. The minimum atomic E-state index is -4.64. The van der Waals surface area contributed by atoms with Gasteiger partial charge in [-0.05, 0) is 30.3 Å². The lowest BCUT2D eigenvalue weighted by molar-refractivity contribution is -0.137. The zero-order chi connectivity index (χ0) is 21.2. The van der Waals surface area contributed by atoms with Gasteiger partial charge in [0.25, 0.3) is 10.0 Å². The van der Waals surface area contributed by atoms with Gasteiger partial charge in [-0.2, -0.15) is 13.2 Å². The summed E-state index contributed by atoms with van der Waals surface area (Å²) >= 11 is 1.24. The van der Waals surface area contributed by atoms with Gasteiger partial charge < -0.3 is 5.32 Å². The second-order valence-electron chi connectivity index (χ2n) is 5.93. The molecule has 0 radical (unpaired) electrons. The van der Waals surface area contributed by atoms with E-state index in [0.29, 0.717) is 22.5 Å². The average molecular weight is 441 g/mol. The summed E-state index contributed by atoms with van der Waals surface area (Å²) in [5.74, 6) is -0.245. The van der Waals surface area contributed by atoms with Crippen molar-refractivity contribution in [2.45, 2.75) is 18.0 Å². The number of thiazole rings is 1. The number of carbonyl (C=O) groups excluding carboxylic acids is 1. The zero-order valence-electron chi connectivity index (χ0n) is 14.8. The van der Waals surface area contributed by atoms with Crippen LogP contribution >= 0.6 is 11.3 Å². The SMILES string of the molecule is CC(=O)Nc1nc(-c2ccc(NS(=O)(=O)c3cccc(C(F)(F)F)c3)cc2)cs1. The van der Waals surface area contributed by atoms with E-state index in [9.17, 15) is 26.4 Å². The number of amides is 1. The molecule has 1 heterocycles.